The maximum atomic E-state index is 4.35. The normalized spacial score (nSPS) is 15.8. The molecule has 1 aromatic carbocycles. The summed E-state index contributed by atoms with van der Waals surface area (Å²) in [6, 6.07) is 7.57. The summed E-state index contributed by atoms with van der Waals surface area (Å²) in [5.74, 6) is 0. The Bertz CT molecular complexity index is 693. The van der Waals surface area contributed by atoms with E-state index < -0.39 is 0 Å². The minimum atomic E-state index is 0.804. The Balaban J connectivity index is 1.61. The van der Waals surface area contributed by atoms with Crippen molar-refractivity contribution in [2.75, 3.05) is 6.54 Å². The van der Waals surface area contributed by atoms with Crippen LogP contribution in [0.15, 0.2) is 30.6 Å². The molecule has 0 radical (unpaired) electrons. The minimum absolute atomic E-state index is 0.804. The average Bonchev–Trinajstić information content (AvgIpc) is 2.97. The van der Waals surface area contributed by atoms with Crippen molar-refractivity contribution >= 4 is 26.5 Å². The Hall–Kier alpha value is -1.39. The molecule has 0 spiro atoms. The number of hydrogen-bond donors (Lipinski definition) is 1. The van der Waals surface area contributed by atoms with Gasteiger partial charge in [-0.05, 0) is 43.5 Å². The van der Waals surface area contributed by atoms with Crippen molar-refractivity contribution in [2.45, 2.75) is 25.3 Å². The smallest absolute Gasteiger partial charge is 0.194 e. The fraction of sp³-hybridized carbons (Fsp3) is 0.357. The predicted octanol–water partition coefficient (Wildman–Crippen LogP) is 2.84. The van der Waals surface area contributed by atoms with E-state index in [9.17, 15) is 0 Å². The Labute approximate surface area is 109 Å². The molecule has 0 bridgehead atoms. The van der Waals surface area contributed by atoms with Crippen LogP contribution in [0.4, 0.5) is 0 Å². The molecule has 4 heteroatoms. The molecular formula is C14H15N3S. The molecule has 1 N–H and O–H groups in total. The molecule has 1 aliphatic carbocycles. The molecule has 1 aliphatic rings. The highest BCUT2D eigenvalue weighted by atomic mass is 32.1. The van der Waals surface area contributed by atoms with Crippen LogP contribution < -0.4 is 5.32 Å². The number of benzene rings is 1. The molecule has 2 aromatic heterocycles. The largest absolute Gasteiger partial charge is 0.314 e. The van der Waals surface area contributed by atoms with Gasteiger partial charge in [0.2, 0.25) is 0 Å². The van der Waals surface area contributed by atoms with E-state index in [4.69, 9.17) is 0 Å². The first-order valence-electron chi connectivity index (χ1n) is 6.48. The van der Waals surface area contributed by atoms with Gasteiger partial charge in [-0.2, -0.15) is 0 Å². The van der Waals surface area contributed by atoms with Crippen molar-refractivity contribution in [1.82, 2.24) is 14.7 Å². The van der Waals surface area contributed by atoms with E-state index in [1.165, 1.54) is 28.6 Å². The molecule has 3 aromatic rings. The Morgan fingerprint density at radius 2 is 2.33 bits per heavy atom. The second-order valence-corrected chi connectivity index (χ2v) is 5.97. The quantitative estimate of drug-likeness (QED) is 0.778. The Kier molecular flexibility index (Phi) is 2.38. The maximum absolute atomic E-state index is 4.35. The van der Waals surface area contributed by atoms with Crippen LogP contribution in [-0.2, 0) is 6.42 Å². The molecule has 0 atom stereocenters. The van der Waals surface area contributed by atoms with Crippen LogP contribution >= 0.6 is 11.3 Å². The lowest BCUT2D eigenvalue weighted by Crippen LogP contribution is -2.19. The zero-order valence-corrected chi connectivity index (χ0v) is 10.9. The fourth-order valence-electron chi connectivity index (χ4n) is 2.35. The van der Waals surface area contributed by atoms with E-state index in [1.807, 2.05) is 12.4 Å². The van der Waals surface area contributed by atoms with Gasteiger partial charge >= 0.3 is 0 Å². The summed E-state index contributed by atoms with van der Waals surface area (Å²) in [5.41, 5.74) is 2.69. The lowest BCUT2D eigenvalue weighted by molar-refractivity contribution is 0.682. The number of aromatic nitrogens is 2. The summed E-state index contributed by atoms with van der Waals surface area (Å²) >= 11 is 1.77. The van der Waals surface area contributed by atoms with E-state index in [0.717, 1.165) is 24.0 Å². The van der Waals surface area contributed by atoms with Gasteiger partial charge in [-0.15, -0.1) is 0 Å². The number of fused-ring (bicyclic) bond motifs is 3. The van der Waals surface area contributed by atoms with E-state index in [-0.39, 0.29) is 0 Å². The van der Waals surface area contributed by atoms with E-state index >= 15 is 0 Å². The molecule has 0 unspecified atom stereocenters. The Morgan fingerprint density at radius 1 is 1.39 bits per heavy atom. The number of imidazole rings is 1. The average molecular weight is 257 g/mol. The Morgan fingerprint density at radius 3 is 3.22 bits per heavy atom. The van der Waals surface area contributed by atoms with Crippen molar-refractivity contribution in [3.63, 3.8) is 0 Å². The molecule has 18 heavy (non-hydrogen) atoms. The third-order valence-corrected chi connectivity index (χ3v) is 4.55. The highest BCUT2D eigenvalue weighted by molar-refractivity contribution is 7.23. The summed E-state index contributed by atoms with van der Waals surface area (Å²) in [4.78, 5) is 5.43. The van der Waals surface area contributed by atoms with Gasteiger partial charge < -0.3 is 5.32 Å². The summed E-state index contributed by atoms with van der Waals surface area (Å²) < 4.78 is 3.49. The lowest BCUT2D eigenvalue weighted by Gasteiger charge is -2.03. The molecule has 0 aliphatic heterocycles. The highest BCUT2D eigenvalue weighted by Crippen LogP contribution is 2.26. The number of nitrogens with one attached hydrogen (secondary N) is 1. The lowest BCUT2D eigenvalue weighted by atomic mass is 10.1. The van der Waals surface area contributed by atoms with E-state index in [0.29, 0.717) is 0 Å². The minimum Gasteiger partial charge on any atom is -0.314 e. The van der Waals surface area contributed by atoms with Gasteiger partial charge in [-0.25, -0.2) is 4.98 Å². The van der Waals surface area contributed by atoms with Gasteiger partial charge in [0.1, 0.15) is 0 Å². The molecule has 0 amide bonds. The molecule has 4 rings (SSSR count). The van der Waals surface area contributed by atoms with Gasteiger partial charge in [0.05, 0.1) is 10.2 Å². The molecular weight excluding hydrogens is 242 g/mol. The van der Waals surface area contributed by atoms with E-state index in [1.54, 1.807) is 11.3 Å². The number of nitrogens with zero attached hydrogens (tertiary/aromatic N) is 2. The van der Waals surface area contributed by atoms with Crippen molar-refractivity contribution in [3.05, 3.63) is 36.2 Å². The summed E-state index contributed by atoms with van der Waals surface area (Å²) in [5, 5.41) is 3.56. The van der Waals surface area contributed by atoms with Gasteiger partial charge in [-0.1, -0.05) is 17.4 Å². The molecule has 0 saturated heterocycles. The number of hydrogen-bond acceptors (Lipinski definition) is 3. The number of thiazole rings is 1. The van der Waals surface area contributed by atoms with Gasteiger partial charge in [0, 0.05) is 18.4 Å². The van der Waals surface area contributed by atoms with Crippen LogP contribution in [0.3, 0.4) is 0 Å². The van der Waals surface area contributed by atoms with Crippen molar-refractivity contribution in [3.8, 4) is 0 Å². The topological polar surface area (TPSA) is 29.3 Å². The highest BCUT2D eigenvalue weighted by Gasteiger charge is 2.19. The van der Waals surface area contributed by atoms with Crippen LogP contribution in [0.2, 0.25) is 0 Å². The second-order valence-electron chi connectivity index (χ2n) is 4.96. The zero-order valence-electron chi connectivity index (χ0n) is 10.1. The van der Waals surface area contributed by atoms with Gasteiger partial charge in [-0.3, -0.25) is 4.40 Å². The SMILES string of the molecule is c1cn2c(n1)sc1cc(CCNC3CC3)ccc12. The summed E-state index contributed by atoms with van der Waals surface area (Å²) in [6.45, 7) is 1.10. The van der Waals surface area contributed by atoms with E-state index in [2.05, 4.69) is 32.9 Å². The third-order valence-electron chi connectivity index (χ3n) is 3.52. The summed E-state index contributed by atoms with van der Waals surface area (Å²) in [7, 11) is 0. The van der Waals surface area contributed by atoms with Crippen LogP contribution in [-0.4, -0.2) is 22.0 Å². The molecule has 2 heterocycles. The number of rotatable bonds is 4. The molecule has 1 fully saturated rings. The standard InChI is InChI=1S/C14H15N3S/c1-4-12-13(18-14-16-7-8-17(12)14)9-10(1)5-6-15-11-2-3-11/h1,4,7-9,11,15H,2-3,5-6H2. The summed E-state index contributed by atoms with van der Waals surface area (Å²) in [6.07, 6.45) is 7.73. The third kappa shape index (κ3) is 1.82. The van der Waals surface area contributed by atoms with Crippen molar-refractivity contribution in [2.24, 2.45) is 0 Å². The maximum Gasteiger partial charge on any atom is 0.194 e. The van der Waals surface area contributed by atoms with Crippen molar-refractivity contribution < 1.29 is 0 Å². The second kappa shape index (κ2) is 4.07. The van der Waals surface area contributed by atoms with Crippen LogP contribution in [0, 0.1) is 0 Å². The van der Waals surface area contributed by atoms with Gasteiger partial charge in [0.25, 0.3) is 0 Å². The molecule has 1 saturated carbocycles. The molecule has 3 nitrogen and oxygen atoms in total. The predicted molar refractivity (Wildman–Crippen MR) is 75.3 cm³/mol. The van der Waals surface area contributed by atoms with Crippen molar-refractivity contribution in [1.29, 1.82) is 0 Å². The fourth-order valence-corrected chi connectivity index (χ4v) is 3.40. The molecule has 92 valence electrons. The zero-order chi connectivity index (χ0) is 11.9. The van der Waals surface area contributed by atoms with Crippen LogP contribution in [0.5, 0.6) is 0 Å². The first kappa shape index (κ1) is 10.5. The first-order valence-corrected chi connectivity index (χ1v) is 7.30. The van der Waals surface area contributed by atoms with Crippen LogP contribution in [0.25, 0.3) is 15.2 Å². The van der Waals surface area contributed by atoms with Crippen LogP contribution in [0.1, 0.15) is 18.4 Å². The monoisotopic (exact) mass is 257 g/mol. The van der Waals surface area contributed by atoms with Gasteiger partial charge in [0.15, 0.2) is 4.96 Å². The first-order chi connectivity index (χ1) is 8.90.